The number of pyridine rings is 1. The van der Waals surface area contributed by atoms with Crippen molar-refractivity contribution in [2.24, 2.45) is 0 Å². The number of aromatic nitrogens is 2. The molecule has 0 bridgehead atoms. The molecule has 1 fully saturated rings. The highest BCUT2D eigenvalue weighted by atomic mass is 35.5. The maximum atomic E-state index is 13.7. The SMILES string of the molecule is CCOC(=O)CN1C(=S)N[C@@H](c2ccccn2)[C@H]1c1cccn1-c1ccc(F)c(Cl)c1. The van der Waals surface area contributed by atoms with E-state index in [0.29, 0.717) is 10.8 Å². The van der Waals surface area contributed by atoms with Gasteiger partial charge < -0.3 is 19.5 Å². The largest absolute Gasteiger partial charge is 0.465 e. The summed E-state index contributed by atoms with van der Waals surface area (Å²) in [6.07, 6.45) is 3.57. The highest BCUT2D eigenvalue weighted by molar-refractivity contribution is 7.80. The lowest BCUT2D eigenvalue weighted by Crippen LogP contribution is -2.36. The fourth-order valence-electron chi connectivity index (χ4n) is 3.75. The van der Waals surface area contributed by atoms with Gasteiger partial charge in [-0.15, -0.1) is 0 Å². The number of esters is 1. The van der Waals surface area contributed by atoms with Gasteiger partial charge in [0, 0.05) is 23.8 Å². The molecule has 1 aromatic carbocycles. The first-order chi connectivity index (χ1) is 15.0. The summed E-state index contributed by atoms with van der Waals surface area (Å²) in [5.74, 6) is -0.862. The van der Waals surface area contributed by atoms with Gasteiger partial charge >= 0.3 is 5.97 Å². The van der Waals surface area contributed by atoms with Crippen molar-refractivity contribution in [1.82, 2.24) is 19.8 Å². The molecule has 160 valence electrons. The summed E-state index contributed by atoms with van der Waals surface area (Å²) in [5, 5.41) is 3.75. The van der Waals surface area contributed by atoms with E-state index in [9.17, 15) is 9.18 Å². The normalized spacial score (nSPS) is 18.2. The minimum atomic E-state index is -0.488. The van der Waals surface area contributed by atoms with Gasteiger partial charge in [0.05, 0.1) is 29.4 Å². The van der Waals surface area contributed by atoms with E-state index in [2.05, 4.69) is 10.3 Å². The molecule has 6 nitrogen and oxygen atoms in total. The van der Waals surface area contributed by atoms with Crippen LogP contribution >= 0.6 is 23.8 Å². The smallest absolute Gasteiger partial charge is 0.325 e. The van der Waals surface area contributed by atoms with Crippen LogP contribution in [0.1, 0.15) is 30.4 Å². The summed E-state index contributed by atoms with van der Waals surface area (Å²) in [6.45, 7) is 2.03. The Bertz CT molecular complexity index is 1110. The Labute approximate surface area is 189 Å². The number of benzene rings is 1. The van der Waals surface area contributed by atoms with Crippen molar-refractivity contribution in [3.63, 3.8) is 0 Å². The zero-order valence-electron chi connectivity index (χ0n) is 16.7. The average molecular weight is 459 g/mol. The predicted octanol–water partition coefficient (Wildman–Crippen LogP) is 4.20. The third-order valence-corrected chi connectivity index (χ3v) is 5.71. The van der Waals surface area contributed by atoms with Gasteiger partial charge in [-0.1, -0.05) is 17.7 Å². The summed E-state index contributed by atoms with van der Waals surface area (Å²) < 4.78 is 20.8. The molecule has 0 amide bonds. The van der Waals surface area contributed by atoms with Crippen LogP contribution in [0, 0.1) is 5.82 Å². The molecule has 0 saturated carbocycles. The number of thiocarbonyl (C=S) groups is 1. The zero-order valence-corrected chi connectivity index (χ0v) is 18.2. The van der Waals surface area contributed by atoms with Gasteiger partial charge in [0.2, 0.25) is 0 Å². The summed E-state index contributed by atoms with van der Waals surface area (Å²) in [5.41, 5.74) is 2.32. The van der Waals surface area contributed by atoms with Crippen LogP contribution in [-0.2, 0) is 9.53 Å². The number of hydrogen-bond donors (Lipinski definition) is 1. The first kappa shape index (κ1) is 21.3. The summed E-state index contributed by atoms with van der Waals surface area (Å²) in [4.78, 5) is 18.6. The molecule has 2 atom stereocenters. The molecule has 2 aromatic heterocycles. The van der Waals surface area contributed by atoms with E-state index in [0.717, 1.165) is 11.4 Å². The van der Waals surface area contributed by atoms with E-state index >= 15 is 0 Å². The van der Waals surface area contributed by atoms with Crippen molar-refractivity contribution in [2.75, 3.05) is 13.2 Å². The fraction of sp³-hybridized carbons (Fsp3) is 0.227. The van der Waals surface area contributed by atoms with Crippen LogP contribution in [0.5, 0.6) is 0 Å². The van der Waals surface area contributed by atoms with E-state index < -0.39 is 5.82 Å². The molecular weight excluding hydrogens is 439 g/mol. The number of nitrogens with zero attached hydrogens (tertiary/aromatic N) is 3. The van der Waals surface area contributed by atoms with Crippen molar-refractivity contribution in [1.29, 1.82) is 0 Å². The molecule has 3 heterocycles. The second-order valence-corrected chi connectivity index (χ2v) is 7.75. The number of carbonyl (C=O) groups excluding carboxylic acids is 1. The maximum Gasteiger partial charge on any atom is 0.325 e. The van der Waals surface area contributed by atoms with Crippen LogP contribution in [0.2, 0.25) is 5.02 Å². The van der Waals surface area contributed by atoms with Crippen LogP contribution in [0.15, 0.2) is 60.9 Å². The molecule has 1 aliphatic rings. The van der Waals surface area contributed by atoms with Gasteiger partial charge in [-0.05, 0) is 61.6 Å². The number of rotatable bonds is 6. The Kier molecular flexibility index (Phi) is 6.20. The Morgan fingerprint density at radius 2 is 2.13 bits per heavy atom. The highest BCUT2D eigenvalue weighted by Crippen LogP contribution is 2.39. The molecule has 0 radical (unpaired) electrons. The van der Waals surface area contributed by atoms with Gasteiger partial charge in [-0.25, -0.2) is 4.39 Å². The number of carbonyl (C=O) groups is 1. The molecule has 0 aliphatic carbocycles. The molecule has 1 N–H and O–H groups in total. The van der Waals surface area contributed by atoms with Crippen molar-refractivity contribution in [3.8, 4) is 5.69 Å². The second kappa shape index (κ2) is 9.03. The zero-order chi connectivity index (χ0) is 22.0. The first-order valence-corrected chi connectivity index (χ1v) is 10.5. The maximum absolute atomic E-state index is 13.7. The van der Waals surface area contributed by atoms with Gasteiger partial charge in [0.1, 0.15) is 12.4 Å². The molecule has 31 heavy (non-hydrogen) atoms. The topological polar surface area (TPSA) is 59.4 Å². The molecule has 4 rings (SSSR count). The van der Waals surface area contributed by atoms with Gasteiger partial charge in [-0.3, -0.25) is 9.78 Å². The van der Waals surface area contributed by atoms with E-state index in [1.165, 1.54) is 6.07 Å². The Hall–Kier alpha value is -2.97. The quantitative estimate of drug-likeness (QED) is 0.441. The average Bonchev–Trinajstić information content (AvgIpc) is 3.36. The molecule has 1 saturated heterocycles. The number of hydrogen-bond acceptors (Lipinski definition) is 4. The highest BCUT2D eigenvalue weighted by Gasteiger charge is 2.42. The van der Waals surface area contributed by atoms with Crippen LogP contribution in [0.4, 0.5) is 4.39 Å². The minimum absolute atomic E-state index is 0.0109. The lowest BCUT2D eigenvalue weighted by molar-refractivity contribution is -0.143. The van der Waals surface area contributed by atoms with Crippen LogP contribution in [-0.4, -0.2) is 38.7 Å². The predicted molar refractivity (Wildman–Crippen MR) is 120 cm³/mol. The first-order valence-electron chi connectivity index (χ1n) is 9.76. The van der Waals surface area contributed by atoms with Gasteiger partial charge in [0.25, 0.3) is 0 Å². The van der Waals surface area contributed by atoms with Crippen molar-refractivity contribution in [3.05, 3.63) is 83.2 Å². The van der Waals surface area contributed by atoms with Gasteiger partial charge in [0.15, 0.2) is 5.11 Å². The van der Waals surface area contributed by atoms with Crippen molar-refractivity contribution >= 4 is 34.9 Å². The van der Waals surface area contributed by atoms with Gasteiger partial charge in [-0.2, -0.15) is 0 Å². The Morgan fingerprint density at radius 3 is 2.84 bits per heavy atom. The molecule has 0 spiro atoms. The van der Waals surface area contributed by atoms with Crippen LogP contribution in [0.25, 0.3) is 5.69 Å². The Balaban J connectivity index is 1.79. The van der Waals surface area contributed by atoms with Crippen molar-refractivity contribution < 1.29 is 13.9 Å². The third-order valence-electron chi connectivity index (χ3n) is 5.07. The van der Waals surface area contributed by atoms with E-state index in [1.807, 2.05) is 41.1 Å². The molecule has 3 aromatic rings. The molecule has 0 unspecified atom stereocenters. The number of ether oxygens (including phenoxy) is 1. The monoisotopic (exact) mass is 458 g/mol. The minimum Gasteiger partial charge on any atom is -0.465 e. The summed E-state index contributed by atoms with van der Waals surface area (Å²) in [7, 11) is 0. The lowest BCUT2D eigenvalue weighted by Gasteiger charge is -2.28. The van der Waals surface area contributed by atoms with Crippen molar-refractivity contribution in [2.45, 2.75) is 19.0 Å². The molecular formula is C22H20ClFN4O2S. The second-order valence-electron chi connectivity index (χ2n) is 6.96. The number of halogens is 2. The van der Waals surface area contributed by atoms with Crippen LogP contribution in [0.3, 0.4) is 0 Å². The van der Waals surface area contributed by atoms with Crippen LogP contribution < -0.4 is 5.32 Å². The molecule has 1 aliphatic heterocycles. The summed E-state index contributed by atoms with van der Waals surface area (Å²) in [6, 6.07) is 13.3. The number of nitrogens with one attached hydrogen (secondary N) is 1. The molecule has 9 heteroatoms. The fourth-order valence-corrected chi connectivity index (χ4v) is 4.23. The van der Waals surface area contributed by atoms with E-state index in [1.54, 1.807) is 30.2 Å². The standard InChI is InChI=1S/C22H20ClFN4O2S/c1-2-30-19(29)13-28-21(20(26-22(28)31)17-6-3-4-10-25-17)18-7-5-11-27(18)14-8-9-16(24)15(23)12-14/h3-12,20-21H,2,13H2,1H3,(H,26,31)/t20-,21+/m0/s1. The van der Waals surface area contributed by atoms with E-state index in [-0.39, 0.29) is 36.2 Å². The Morgan fingerprint density at radius 1 is 1.29 bits per heavy atom. The lowest BCUT2D eigenvalue weighted by atomic mass is 10.0. The van der Waals surface area contributed by atoms with E-state index in [4.69, 9.17) is 28.6 Å². The third kappa shape index (κ3) is 4.26. The summed E-state index contributed by atoms with van der Waals surface area (Å²) >= 11 is 11.6.